The molecule has 0 aromatic carbocycles. The van der Waals surface area contributed by atoms with Crippen molar-refractivity contribution in [3.05, 3.63) is 0 Å². The van der Waals surface area contributed by atoms with Gasteiger partial charge in [0.25, 0.3) is 0 Å². The zero-order valence-corrected chi connectivity index (χ0v) is 9.63. The van der Waals surface area contributed by atoms with Crippen LogP contribution in [0.25, 0.3) is 0 Å². The summed E-state index contributed by atoms with van der Waals surface area (Å²) in [5.41, 5.74) is 10.5. The second-order valence-electron chi connectivity index (χ2n) is 3.19. The molecule has 0 bridgehead atoms. The number of hydrogen-bond acceptors (Lipinski definition) is 5. The molecule has 0 radical (unpaired) electrons. The Balaban J connectivity index is 3.60. The molecule has 0 aliphatic heterocycles. The largest absolute Gasteiger partial charge is 0.330 e. The molecule has 0 unspecified atom stereocenters. The van der Waals surface area contributed by atoms with Gasteiger partial charge in [-0.15, -0.1) is 0 Å². The first-order chi connectivity index (χ1) is 7.24. The first-order valence-corrected chi connectivity index (χ1v) is 5.68. The molecule has 6 heteroatoms. The molecule has 4 N–H and O–H groups in total. The van der Waals surface area contributed by atoms with Crippen LogP contribution in [0.2, 0.25) is 0 Å². The summed E-state index contributed by atoms with van der Waals surface area (Å²) in [6, 6.07) is -0.333. The number of unbranched alkanes of at least 4 members (excludes halogenated alkanes) is 1. The summed E-state index contributed by atoms with van der Waals surface area (Å²) in [4.78, 5) is 21.6. The Morgan fingerprint density at radius 1 is 1.47 bits per heavy atom. The lowest BCUT2D eigenvalue weighted by Gasteiger charge is -2.12. The second-order valence-corrected chi connectivity index (χ2v) is 3.64. The zero-order valence-electron chi connectivity index (χ0n) is 8.74. The average Bonchev–Trinajstić information content (AvgIpc) is 2.23. The molecule has 15 heavy (non-hydrogen) atoms. The van der Waals surface area contributed by atoms with E-state index in [1.165, 1.54) is 0 Å². The van der Waals surface area contributed by atoms with Crippen LogP contribution >= 0.6 is 12.6 Å². The van der Waals surface area contributed by atoms with Crippen LogP contribution in [-0.2, 0) is 9.59 Å². The minimum absolute atomic E-state index is 0.157. The molecule has 0 heterocycles. The third kappa shape index (κ3) is 8.41. The Morgan fingerprint density at radius 3 is 2.73 bits per heavy atom. The molecule has 0 saturated carbocycles. The fraction of sp³-hybridized carbons (Fsp3) is 0.778. The van der Waals surface area contributed by atoms with Crippen LogP contribution in [0.1, 0.15) is 25.7 Å². The Bertz CT molecular complexity index is 190. The number of rotatable bonds is 9. The van der Waals surface area contributed by atoms with Crippen molar-refractivity contribution in [2.75, 3.05) is 12.3 Å². The SMILES string of the molecule is NCCCC[C@@H](C=O)NNC(=O)CCS. The van der Waals surface area contributed by atoms with Crippen molar-refractivity contribution in [1.82, 2.24) is 10.9 Å². The summed E-state index contributed by atoms with van der Waals surface area (Å²) >= 11 is 3.92. The fourth-order valence-corrected chi connectivity index (χ4v) is 1.22. The summed E-state index contributed by atoms with van der Waals surface area (Å²) in [6.07, 6.45) is 3.57. The maximum absolute atomic E-state index is 11.0. The highest BCUT2D eigenvalue weighted by molar-refractivity contribution is 7.80. The maximum Gasteiger partial charge on any atom is 0.234 e. The Labute approximate surface area is 95.5 Å². The summed E-state index contributed by atoms with van der Waals surface area (Å²) in [5, 5.41) is 0. The predicted molar refractivity (Wildman–Crippen MR) is 62.5 cm³/mol. The van der Waals surface area contributed by atoms with Gasteiger partial charge in [-0.25, -0.2) is 5.43 Å². The van der Waals surface area contributed by atoms with Crippen LogP contribution in [0.5, 0.6) is 0 Å². The number of nitrogens with two attached hydrogens (primary N) is 1. The van der Waals surface area contributed by atoms with E-state index in [9.17, 15) is 9.59 Å². The molecule has 1 amide bonds. The highest BCUT2D eigenvalue weighted by atomic mass is 32.1. The van der Waals surface area contributed by atoms with Crippen molar-refractivity contribution in [2.24, 2.45) is 5.73 Å². The Morgan fingerprint density at radius 2 is 2.20 bits per heavy atom. The summed E-state index contributed by atoms with van der Waals surface area (Å²) < 4.78 is 0. The molecule has 0 aliphatic rings. The minimum Gasteiger partial charge on any atom is -0.330 e. The van der Waals surface area contributed by atoms with E-state index in [0.29, 0.717) is 25.1 Å². The van der Waals surface area contributed by atoms with Crippen LogP contribution < -0.4 is 16.6 Å². The molecule has 1 atom stereocenters. The van der Waals surface area contributed by atoms with Crippen molar-refractivity contribution in [1.29, 1.82) is 0 Å². The number of hydrogen-bond donors (Lipinski definition) is 4. The third-order valence-corrected chi connectivity index (χ3v) is 2.09. The molecule has 0 spiro atoms. The molecule has 0 aromatic heterocycles. The lowest BCUT2D eigenvalue weighted by Crippen LogP contribution is -2.45. The summed E-state index contributed by atoms with van der Waals surface area (Å²) in [7, 11) is 0. The van der Waals surface area contributed by atoms with Gasteiger partial charge in [-0.05, 0) is 25.1 Å². The van der Waals surface area contributed by atoms with Crippen molar-refractivity contribution < 1.29 is 9.59 Å². The van der Waals surface area contributed by atoms with Crippen LogP contribution in [-0.4, -0.2) is 30.5 Å². The monoisotopic (exact) mass is 233 g/mol. The molecule has 0 aromatic rings. The molecular weight excluding hydrogens is 214 g/mol. The molecular formula is C9H19N3O2S. The van der Waals surface area contributed by atoms with E-state index in [2.05, 4.69) is 23.5 Å². The molecule has 5 nitrogen and oxygen atoms in total. The van der Waals surface area contributed by atoms with Crippen LogP contribution in [0.15, 0.2) is 0 Å². The number of carbonyl (C=O) groups excluding carboxylic acids is 2. The van der Waals surface area contributed by atoms with Gasteiger partial charge in [0.05, 0.1) is 6.04 Å². The first-order valence-electron chi connectivity index (χ1n) is 5.05. The topological polar surface area (TPSA) is 84.2 Å². The van der Waals surface area contributed by atoms with Gasteiger partial charge in [0.15, 0.2) is 0 Å². The Hall–Kier alpha value is -0.590. The van der Waals surface area contributed by atoms with Crippen molar-refractivity contribution in [2.45, 2.75) is 31.7 Å². The van der Waals surface area contributed by atoms with Crippen LogP contribution in [0.3, 0.4) is 0 Å². The fourth-order valence-electron chi connectivity index (χ4n) is 1.02. The zero-order chi connectivity index (χ0) is 11.5. The minimum atomic E-state index is -0.333. The van der Waals surface area contributed by atoms with Gasteiger partial charge in [-0.2, -0.15) is 12.6 Å². The lowest BCUT2D eigenvalue weighted by atomic mass is 10.1. The average molecular weight is 233 g/mol. The Kier molecular flexibility index (Phi) is 9.55. The van der Waals surface area contributed by atoms with Gasteiger partial charge >= 0.3 is 0 Å². The van der Waals surface area contributed by atoms with Gasteiger partial charge in [-0.3, -0.25) is 10.2 Å². The second kappa shape index (κ2) is 9.95. The van der Waals surface area contributed by atoms with E-state index in [-0.39, 0.29) is 11.9 Å². The maximum atomic E-state index is 11.0. The quantitative estimate of drug-likeness (QED) is 0.189. The van der Waals surface area contributed by atoms with E-state index in [1.807, 2.05) is 0 Å². The van der Waals surface area contributed by atoms with E-state index in [0.717, 1.165) is 19.1 Å². The molecule has 0 rings (SSSR count). The lowest BCUT2D eigenvalue weighted by molar-refractivity contribution is -0.122. The molecule has 0 fully saturated rings. The predicted octanol–water partition coefficient (Wildman–Crippen LogP) is -0.376. The number of amides is 1. The van der Waals surface area contributed by atoms with Crippen molar-refractivity contribution in [3.63, 3.8) is 0 Å². The van der Waals surface area contributed by atoms with Crippen LogP contribution in [0.4, 0.5) is 0 Å². The molecule has 0 saturated heterocycles. The van der Waals surface area contributed by atoms with Crippen molar-refractivity contribution in [3.8, 4) is 0 Å². The van der Waals surface area contributed by atoms with Gasteiger partial charge in [0.2, 0.25) is 5.91 Å². The van der Waals surface area contributed by atoms with Crippen molar-refractivity contribution >= 4 is 24.8 Å². The van der Waals surface area contributed by atoms with E-state index in [4.69, 9.17) is 5.73 Å². The summed E-state index contributed by atoms with van der Waals surface area (Å²) in [5.74, 6) is 0.336. The molecule has 0 aliphatic carbocycles. The normalized spacial score (nSPS) is 12.1. The van der Waals surface area contributed by atoms with Gasteiger partial charge in [0.1, 0.15) is 6.29 Å². The van der Waals surface area contributed by atoms with Gasteiger partial charge in [-0.1, -0.05) is 6.42 Å². The van der Waals surface area contributed by atoms with Gasteiger partial charge < -0.3 is 10.5 Å². The highest BCUT2D eigenvalue weighted by Gasteiger charge is 2.07. The van der Waals surface area contributed by atoms with Gasteiger partial charge in [0, 0.05) is 6.42 Å². The molecule has 88 valence electrons. The number of nitrogens with one attached hydrogen (secondary N) is 2. The standard InChI is InChI=1S/C9H19N3O2S/c10-5-2-1-3-8(7-13)11-12-9(14)4-6-15/h7-8,11,15H,1-6,10H2,(H,12,14)/t8-/m0/s1. The number of thiol groups is 1. The number of aldehydes is 1. The highest BCUT2D eigenvalue weighted by Crippen LogP contribution is 1.97. The summed E-state index contributed by atoms with van der Waals surface area (Å²) in [6.45, 7) is 0.623. The number of hydrazine groups is 1. The third-order valence-electron chi connectivity index (χ3n) is 1.87. The van der Waals surface area contributed by atoms with E-state index < -0.39 is 0 Å². The smallest absolute Gasteiger partial charge is 0.234 e. The van der Waals surface area contributed by atoms with E-state index in [1.54, 1.807) is 0 Å². The van der Waals surface area contributed by atoms with E-state index >= 15 is 0 Å². The number of carbonyl (C=O) groups is 2. The van der Waals surface area contributed by atoms with Crippen LogP contribution in [0, 0.1) is 0 Å². The first kappa shape index (κ1) is 14.4.